The molecule has 0 aliphatic rings. The fraction of sp³-hybridized carbons (Fsp3) is 0.462. The van der Waals surface area contributed by atoms with E-state index in [9.17, 15) is 4.79 Å². The highest BCUT2D eigenvalue weighted by Crippen LogP contribution is 2.17. The van der Waals surface area contributed by atoms with Crippen LogP contribution in [-0.4, -0.2) is 29.8 Å². The molecule has 0 atom stereocenters. The Bertz CT molecular complexity index is 375. The Morgan fingerprint density at radius 2 is 2.12 bits per heavy atom. The number of amides is 1. The van der Waals surface area contributed by atoms with E-state index in [1.54, 1.807) is 0 Å². The van der Waals surface area contributed by atoms with Gasteiger partial charge in [0.05, 0.1) is 0 Å². The smallest absolute Gasteiger partial charge is 0.253 e. The summed E-state index contributed by atoms with van der Waals surface area (Å²) in [4.78, 5) is 14.1. The summed E-state index contributed by atoms with van der Waals surface area (Å²) < 4.78 is 0.939. The zero-order valence-electron chi connectivity index (χ0n) is 10.2. The van der Waals surface area contributed by atoms with Gasteiger partial charge in [-0.2, -0.15) is 0 Å². The number of nitrogens with zero attached hydrogens (tertiary/aromatic N) is 1. The molecule has 0 heterocycles. The number of hydrogen-bond donors (Lipinski definition) is 0. The Hall–Kier alpha value is -0.540. The van der Waals surface area contributed by atoms with Crippen molar-refractivity contribution < 1.29 is 4.79 Å². The van der Waals surface area contributed by atoms with Crippen molar-refractivity contribution in [1.82, 2.24) is 4.90 Å². The molecule has 0 radical (unpaired) electrons. The van der Waals surface area contributed by atoms with E-state index in [1.165, 1.54) is 0 Å². The molecule has 1 aromatic carbocycles. The van der Waals surface area contributed by atoms with Gasteiger partial charge in [0, 0.05) is 29.0 Å². The Morgan fingerprint density at radius 1 is 1.41 bits per heavy atom. The predicted octanol–water partition coefficient (Wildman–Crippen LogP) is 3.85. The summed E-state index contributed by atoms with van der Waals surface area (Å²) in [6.07, 6.45) is 0.828. The van der Waals surface area contributed by atoms with E-state index < -0.39 is 0 Å². The molecule has 0 N–H and O–H groups in total. The molecule has 0 bridgehead atoms. The SMILES string of the molecule is CCN(CCCCl)C(=O)c1cc(C)cc(Br)c1. The van der Waals surface area contributed by atoms with Crippen molar-refractivity contribution in [3.63, 3.8) is 0 Å². The van der Waals surface area contributed by atoms with E-state index >= 15 is 0 Å². The van der Waals surface area contributed by atoms with Gasteiger partial charge in [0.25, 0.3) is 5.91 Å². The summed E-state index contributed by atoms with van der Waals surface area (Å²) >= 11 is 9.07. The summed E-state index contributed by atoms with van der Waals surface area (Å²) in [6.45, 7) is 5.39. The largest absolute Gasteiger partial charge is 0.339 e. The fourth-order valence-corrected chi connectivity index (χ4v) is 2.42. The van der Waals surface area contributed by atoms with Crippen LogP contribution in [0.4, 0.5) is 0 Å². The lowest BCUT2D eigenvalue weighted by molar-refractivity contribution is 0.0764. The van der Waals surface area contributed by atoms with E-state index in [4.69, 9.17) is 11.6 Å². The second kappa shape index (κ2) is 7.02. The van der Waals surface area contributed by atoms with Crippen LogP contribution in [-0.2, 0) is 0 Å². The van der Waals surface area contributed by atoms with E-state index in [0.29, 0.717) is 19.0 Å². The maximum absolute atomic E-state index is 12.2. The topological polar surface area (TPSA) is 20.3 Å². The lowest BCUT2D eigenvalue weighted by atomic mass is 10.1. The highest BCUT2D eigenvalue weighted by Gasteiger charge is 2.14. The number of aryl methyl sites for hydroxylation is 1. The first-order chi connectivity index (χ1) is 8.08. The van der Waals surface area contributed by atoms with Crippen molar-refractivity contribution in [2.45, 2.75) is 20.3 Å². The standard InChI is InChI=1S/C13H17BrClNO/c1-3-16(6-4-5-15)13(17)11-7-10(2)8-12(14)9-11/h7-9H,3-6H2,1-2H3. The first-order valence-electron chi connectivity index (χ1n) is 5.71. The molecule has 0 aliphatic carbocycles. The average molecular weight is 319 g/mol. The third kappa shape index (κ3) is 4.32. The Balaban J connectivity index is 2.85. The van der Waals surface area contributed by atoms with Crippen molar-refractivity contribution in [2.24, 2.45) is 0 Å². The van der Waals surface area contributed by atoms with Crippen molar-refractivity contribution in [1.29, 1.82) is 0 Å². The third-order valence-electron chi connectivity index (χ3n) is 2.52. The molecule has 0 aliphatic heterocycles. The minimum absolute atomic E-state index is 0.0713. The molecule has 0 aromatic heterocycles. The van der Waals surface area contributed by atoms with Gasteiger partial charge in [0.2, 0.25) is 0 Å². The first-order valence-corrected chi connectivity index (χ1v) is 7.03. The van der Waals surface area contributed by atoms with Crippen LogP contribution in [0, 0.1) is 6.92 Å². The number of halogens is 2. The van der Waals surface area contributed by atoms with Gasteiger partial charge in [-0.05, 0) is 44.0 Å². The zero-order chi connectivity index (χ0) is 12.8. The van der Waals surface area contributed by atoms with Crippen molar-refractivity contribution in [3.05, 3.63) is 33.8 Å². The van der Waals surface area contributed by atoms with Crippen LogP contribution in [0.2, 0.25) is 0 Å². The second-order valence-corrected chi connectivity index (χ2v) is 5.24. The molecule has 0 fully saturated rings. The predicted molar refractivity (Wildman–Crippen MR) is 75.8 cm³/mol. The van der Waals surface area contributed by atoms with Crippen LogP contribution in [0.3, 0.4) is 0 Å². The molecule has 0 saturated carbocycles. The number of hydrogen-bond acceptors (Lipinski definition) is 1. The molecule has 2 nitrogen and oxygen atoms in total. The lowest BCUT2D eigenvalue weighted by Crippen LogP contribution is -2.32. The summed E-state index contributed by atoms with van der Waals surface area (Å²) in [5.41, 5.74) is 1.81. The van der Waals surface area contributed by atoms with Gasteiger partial charge in [-0.1, -0.05) is 15.9 Å². The maximum atomic E-state index is 12.2. The highest BCUT2D eigenvalue weighted by molar-refractivity contribution is 9.10. The minimum atomic E-state index is 0.0713. The molecular weight excluding hydrogens is 302 g/mol. The molecule has 1 amide bonds. The molecule has 4 heteroatoms. The Kier molecular flexibility index (Phi) is 6.00. The number of benzene rings is 1. The molecule has 0 unspecified atom stereocenters. The van der Waals surface area contributed by atoms with E-state index in [0.717, 1.165) is 22.0 Å². The normalized spacial score (nSPS) is 10.4. The van der Waals surface area contributed by atoms with Gasteiger partial charge in [-0.25, -0.2) is 0 Å². The van der Waals surface area contributed by atoms with E-state index in [-0.39, 0.29) is 5.91 Å². The Morgan fingerprint density at radius 3 is 2.65 bits per heavy atom. The van der Waals surface area contributed by atoms with Crippen LogP contribution in [0.1, 0.15) is 29.3 Å². The molecule has 1 aromatic rings. The van der Waals surface area contributed by atoms with Gasteiger partial charge < -0.3 is 4.90 Å². The Labute approximate surface area is 116 Å². The number of carbonyl (C=O) groups is 1. The van der Waals surface area contributed by atoms with Crippen LogP contribution >= 0.6 is 27.5 Å². The highest BCUT2D eigenvalue weighted by atomic mass is 79.9. The lowest BCUT2D eigenvalue weighted by Gasteiger charge is -2.20. The van der Waals surface area contributed by atoms with Crippen molar-refractivity contribution >= 4 is 33.4 Å². The summed E-state index contributed by atoms with van der Waals surface area (Å²) in [7, 11) is 0. The third-order valence-corrected chi connectivity index (χ3v) is 3.24. The summed E-state index contributed by atoms with van der Waals surface area (Å²) in [6, 6.07) is 5.76. The van der Waals surface area contributed by atoms with Gasteiger partial charge in [0.1, 0.15) is 0 Å². The number of carbonyl (C=O) groups excluding carboxylic acids is 1. The quantitative estimate of drug-likeness (QED) is 0.755. The van der Waals surface area contributed by atoms with Crippen molar-refractivity contribution in [3.8, 4) is 0 Å². The molecule has 94 valence electrons. The van der Waals surface area contributed by atoms with E-state index in [1.807, 2.05) is 36.9 Å². The number of alkyl halides is 1. The molecular formula is C13H17BrClNO. The van der Waals surface area contributed by atoms with Crippen LogP contribution in [0.5, 0.6) is 0 Å². The van der Waals surface area contributed by atoms with Gasteiger partial charge in [-0.3, -0.25) is 4.79 Å². The molecule has 0 spiro atoms. The maximum Gasteiger partial charge on any atom is 0.253 e. The molecule has 0 saturated heterocycles. The van der Waals surface area contributed by atoms with Crippen LogP contribution < -0.4 is 0 Å². The van der Waals surface area contributed by atoms with E-state index in [2.05, 4.69) is 15.9 Å². The molecule has 17 heavy (non-hydrogen) atoms. The minimum Gasteiger partial charge on any atom is -0.339 e. The average Bonchev–Trinajstić information content (AvgIpc) is 2.28. The van der Waals surface area contributed by atoms with Gasteiger partial charge in [0.15, 0.2) is 0 Å². The number of rotatable bonds is 5. The monoisotopic (exact) mass is 317 g/mol. The van der Waals surface area contributed by atoms with Crippen LogP contribution in [0.15, 0.2) is 22.7 Å². The second-order valence-electron chi connectivity index (χ2n) is 3.94. The fourth-order valence-electron chi connectivity index (χ4n) is 1.70. The first kappa shape index (κ1) is 14.5. The van der Waals surface area contributed by atoms with Gasteiger partial charge >= 0.3 is 0 Å². The summed E-state index contributed by atoms with van der Waals surface area (Å²) in [5.74, 6) is 0.656. The summed E-state index contributed by atoms with van der Waals surface area (Å²) in [5, 5.41) is 0. The zero-order valence-corrected chi connectivity index (χ0v) is 12.5. The molecule has 1 rings (SSSR count). The van der Waals surface area contributed by atoms with Crippen molar-refractivity contribution in [2.75, 3.05) is 19.0 Å². The van der Waals surface area contributed by atoms with Gasteiger partial charge in [-0.15, -0.1) is 11.6 Å². The van der Waals surface area contributed by atoms with Crippen LogP contribution in [0.25, 0.3) is 0 Å².